The van der Waals surface area contributed by atoms with E-state index in [0.717, 1.165) is 16.7 Å². The highest BCUT2D eigenvalue weighted by molar-refractivity contribution is 5.92. The predicted octanol–water partition coefficient (Wildman–Crippen LogP) is 3.12. The highest BCUT2D eigenvalue weighted by Gasteiger charge is 2.21. The third-order valence-electron chi connectivity index (χ3n) is 3.62. The largest absolute Gasteiger partial charge is 0.469 e. The van der Waals surface area contributed by atoms with Crippen molar-refractivity contribution in [2.24, 2.45) is 0 Å². The van der Waals surface area contributed by atoms with Gasteiger partial charge in [-0.3, -0.25) is 14.4 Å². The topological polar surface area (TPSA) is 69.7 Å². The molecule has 0 bridgehead atoms. The van der Waals surface area contributed by atoms with E-state index in [9.17, 15) is 14.4 Å². The first-order chi connectivity index (χ1) is 11.5. The van der Waals surface area contributed by atoms with Crippen molar-refractivity contribution in [1.29, 1.82) is 0 Å². The molecule has 0 aliphatic heterocycles. The maximum atomic E-state index is 11.8. The van der Waals surface area contributed by atoms with Gasteiger partial charge in [0.2, 0.25) is 0 Å². The summed E-state index contributed by atoms with van der Waals surface area (Å²) >= 11 is 0. The van der Waals surface area contributed by atoms with Gasteiger partial charge in [-0.25, -0.2) is 0 Å². The zero-order chi connectivity index (χ0) is 17.7. The molecular weight excluding hydrogens is 308 g/mol. The van der Waals surface area contributed by atoms with Crippen LogP contribution < -0.4 is 4.74 Å². The van der Waals surface area contributed by atoms with E-state index < -0.39 is 11.9 Å². The van der Waals surface area contributed by atoms with E-state index in [0.29, 0.717) is 11.8 Å². The van der Waals surface area contributed by atoms with Crippen molar-refractivity contribution in [3.8, 4) is 16.9 Å². The third kappa shape index (κ3) is 3.68. The standard InChI is InChI=1S/C19H18O5/c1-12-9-17(24-13(2)21)16(11-20)15(10-18(22)23-3)19(12)14-7-5-4-6-8-14/h4-9,11H,10H2,1-3H3. The fourth-order valence-corrected chi connectivity index (χ4v) is 2.64. The van der Waals surface area contributed by atoms with Gasteiger partial charge in [-0.1, -0.05) is 30.3 Å². The Morgan fingerprint density at radius 1 is 1.17 bits per heavy atom. The van der Waals surface area contributed by atoms with Crippen LogP contribution in [0, 0.1) is 6.92 Å². The minimum atomic E-state index is -0.533. The van der Waals surface area contributed by atoms with Crippen molar-refractivity contribution < 1.29 is 23.9 Å². The molecule has 0 unspecified atom stereocenters. The number of aldehydes is 1. The van der Waals surface area contributed by atoms with Crippen LogP contribution in [-0.4, -0.2) is 25.3 Å². The molecule has 0 aliphatic rings. The first-order valence-corrected chi connectivity index (χ1v) is 7.40. The summed E-state index contributed by atoms with van der Waals surface area (Å²) in [5.41, 5.74) is 3.09. The second-order valence-electron chi connectivity index (χ2n) is 5.29. The fourth-order valence-electron chi connectivity index (χ4n) is 2.64. The van der Waals surface area contributed by atoms with Gasteiger partial charge >= 0.3 is 11.9 Å². The SMILES string of the molecule is COC(=O)Cc1c(C=O)c(OC(C)=O)cc(C)c1-c1ccccc1. The molecule has 2 aromatic carbocycles. The molecule has 5 heteroatoms. The molecule has 0 radical (unpaired) electrons. The lowest BCUT2D eigenvalue weighted by Crippen LogP contribution is -2.12. The lowest BCUT2D eigenvalue weighted by molar-refractivity contribution is -0.139. The number of hydrogen-bond donors (Lipinski definition) is 0. The first-order valence-electron chi connectivity index (χ1n) is 7.40. The predicted molar refractivity (Wildman–Crippen MR) is 89.0 cm³/mol. The molecule has 0 fully saturated rings. The van der Waals surface area contributed by atoms with Crippen LogP contribution in [0.3, 0.4) is 0 Å². The molecule has 0 heterocycles. The Kier molecular flexibility index (Phi) is 5.47. The number of rotatable bonds is 5. The molecule has 2 aromatic rings. The van der Waals surface area contributed by atoms with E-state index >= 15 is 0 Å². The Hall–Kier alpha value is -2.95. The summed E-state index contributed by atoms with van der Waals surface area (Å²) in [5, 5.41) is 0. The van der Waals surface area contributed by atoms with Crippen molar-refractivity contribution >= 4 is 18.2 Å². The zero-order valence-corrected chi connectivity index (χ0v) is 13.8. The van der Waals surface area contributed by atoms with Gasteiger partial charge in [-0.15, -0.1) is 0 Å². The van der Waals surface area contributed by atoms with Gasteiger partial charge in [0.05, 0.1) is 19.1 Å². The highest BCUT2D eigenvalue weighted by atomic mass is 16.5. The average molecular weight is 326 g/mol. The molecule has 0 saturated heterocycles. The van der Waals surface area contributed by atoms with Gasteiger partial charge in [0.1, 0.15) is 5.75 Å². The number of carbonyl (C=O) groups is 3. The minimum absolute atomic E-state index is 0.0925. The van der Waals surface area contributed by atoms with Gasteiger partial charge in [0.25, 0.3) is 0 Å². The van der Waals surface area contributed by atoms with Gasteiger partial charge in [0.15, 0.2) is 6.29 Å². The molecule has 0 aromatic heterocycles. The van der Waals surface area contributed by atoms with Gasteiger partial charge in [0, 0.05) is 6.92 Å². The van der Waals surface area contributed by atoms with Crippen molar-refractivity contribution in [2.75, 3.05) is 7.11 Å². The summed E-state index contributed by atoms with van der Waals surface area (Å²) in [6.45, 7) is 3.10. The molecule has 0 amide bonds. The van der Waals surface area contributed by atoms with Gasteiger partial charge < -0.3 is 9.47 Å². The summed E-state index contributed by atoms with van der Waals surface area (Å²) in [6.07, 6.45) is 0.507. The summed E-state index contributed by atoms with van der Waals surface area (Å²) in [5.74, 6) is -0.864. The van der Waals surface area contributed by atoms with Crippen LogP contribution in [0.2, 0.25) is 0 Å². The van der Waals surface area contributed by atoms with Crippen LogP contribution >= 0.6 is 0 Å². The van der Waals surface area contributed by atoms with Crippen molar-refractivity contribution in [3.05, 3.63) is 53.1 Å². The minimum Gasteiger partial charge on any atom is -0.469 e. The summed E-state index contributed by atoms with van der Waals surface area (Å²) in [4.78, 5) is 34.8. The number of carbonyl (C=O) groups excluding carboxylic acids is 3. The lowest BCUT2D eigenvalue weighted by atomic mass is 9.89. The fraction of sp³-hybridized carbons (Fsp3) is 0.211. The third-order valence-corrected chi connectivity index (χ3v) is 3.62. The van der Waals surface area contributed by atoms with E-state index in [2.05, 4.69) is 0 Å². The van der Waals surface area contributed by atoms with E-state index in [1.165, 1.54) is 14.0 Å². The Labute approximate surface area is 140 Å². The van der Waals surface area contributed by atoms with Crippen molar-refractivity contribution in [2.45, 2.75) is 20.3 Å². The van der Waals surface area contributed by atoms with E-state index in [1.807, 2.05) is 37.3 Å². The first kappa shape index (κ1) is 17.4. The molecule has 0 atom stereocenters. The highest BCUT2D eigenvalue weighted by Crippen LogP contribution is 2.35. The molecule has 0 saturated carbocycles. The summed E-state index contributed by atoms with van der Waals surface area (Å²) in [6, 6.07) is 11.0. The number of ether oxygens (including phenoxy) is 2. The smallest absolute Gasteiger partial charge is 0.310 e. The second kappa shape index (κ2) is 7.55. The number of aryl methyl sites for hydroxylation is 1. The number of hydrogen-bond acceptors (Lipinski definition) is 5. The molecule has 124 valence electrons. The average Bonchev–Trinajstić information content (AvgIpc) is 2.55. The van der Waals surface area contributed by atoms with Crippen LogP contribution in [-0.2, 0) is 20.7 Å². The van der Waals surface area contributed by atoms with Crippen LogP contribution in [0.1, 0.15) is 28.4 Å². The second-order valence-corrected chi connectivity index (χ2v) is 5.29. The maximum absolute atomic E-state index is 11.8. The molecule has 0 aliphatic carbocycles. The van der Waals surface area contributed by atoms with E-state index in [4.69, 9.17) is 9.47 Å². The van der Waals surface area contributed by atoms with Crippen molar-refractivity contribution in [1.82, 2.24) is 0 Å². The molecule has 0 N–H and O–H groups in total. The molecular formula is C19H18O5. The van der Waals surface area contributed by atoms with Crippen LogP contribution in [0.4, 0.5) is 0 Å². The maximum Gasteiger partial charge on any atom is 0.310 e. The Balaban J connectivity index is 2.75. The van der Waals surface area contributed by atoms with Gasteiger partial charge in [-0.05, 0) is 35.2 Å². The normalized spacial score (nSPS) is 10.1. The summed E-state index contributed by atoms with van der Waals surface area (Å²) in [7, 11) is 1.29. The van der Waals surface area contributed by atoms with Crippen molar-refractivity contribution in [3.63, 3.8) is 0 Å². The monoisotopic (exact) mass is 326 g/mol. The molecule has 24 heavy (non-hydrogen) atoms. The Bertz CT molecular complexity index is 778. The van der Waals surface area contributed by atoms with E-state index in [-0.39, 0.29) is 17.7 Å². The van der Waals surface area contributed by atoms with Gasteiger partial charge in [-0.2, -0.15) is 0 Å². The lowest BCUT2D eigenvalue weighted by Gasteiger charge is -2.17. The Morgan fingerprint density at radius 2 is 1.83 bits per heavy atom. The van der Waals surface area contributed by atoms with Crippen LogP contribution in [0.25, 0.3) is 11.1 Å². The van der Waals surface area contributed by atoms with Crippen LogP contribution in [0.5, 0.6) is 5.75 Å². The number of esters is 2. The molecule has 5 nitrogen and oxygen atoms in total. The quantitative estimate of drug-likeness (QED) is 0.480. The zero-order valence-electron chi connectivity index (χ0n) is 13.8. The van der Waals surface area contributed by atoms with Crippen LogP contribution in [0.15, 0.2) is 36.4 Å². The summed E-state index contributed by atoms with van der Waals surface area (Å²) < 4.78 is 9.88. The number of benzene rings is 2. The number of methoxy groups -OCH3 is 1. The molecule has 2 rings (SSSR count). The Morgan fingerprint density at radius 3 is 2.38 bits per heavy atom. The van der Waals surface area contributed by atoms with E-state index in [1.54, 1.807) is 6.07 Å². The molecule has 0 spiro atoms.